The van der Waals surface area contributed by atoms with Crippen molar-refractivity contribution >= 4 is 15.9 Å². The van der Waals surface area contributed by atoms with Gasteiger partial charge in [0.15, 0.2) is 0 Å². The summed E-state index contributed by atoms with van der Waals surface area (Å²) in [6, 6.07) is 5.69. The number of rotatable bonds is 0. The summed E-state index contributed by atoms with van der Waals surface area (Å²) in [5.41, 5.74) is 0.885. The van der Waals surface area contributed by atoms with E-state index in [0.29, 0.717) is 13.0 Å². The van der Waals surface area contributed by atoms with E-state index < -0.39 is 0 Å². The molecule has 12 heavy (non-hydrogen) atoms. The molecule has 0 radical (unpaired) electrons. The highest BCUT2D eigenvalue weighted by molar-refractivity contribution is 9.10. The first kappa shape index (κ1) is 8.08. The van der Waals surface area contributed by atoms with Gasteiger partial charge in [0, 0.05) is 16.5 Å². The Hall–Kier alpha value is -0.540. The van der Waals surface area contributed by atoms with Crippen LogP contribution in [0.3, 0.4) is 0 Å². The highest BCUT2D eigenvalue weighted by Crippen LogP contribution is 2.33. The maximum absolute atomic E-state index is 9.58. The minimum absolute atomic E-state index is 0.369. The molecule has 64 valence electrons. The molecule has 2 rings (SSSR count). The summed E-state index contributed by atoms with van der Waals surface area (Å²) in [4.78, 5) is 0. The minimum atomic E-state index is -0.369. The lowest BCUT2D eigenvalue weighted by Crippen LogP contribution is -2.13. The van der Waals surface area contributed by atoms with Gasteiger partial charge in [-0.25, -0.2) is 0 Å². The Kier molecular flexibility index (Phi) is 2.07. The first-order valence-electron chi connectivity index (χ1n) is 3.87. The molecule has 0 bridgehead atoms. The van der Waals surface area contributed by atoms with Crippen molar-refractivity contribution in [1.29, 1.82) is 0 Å². The maximum atomic E-state index is 9.58. The van der Waals surface area contributed by atoms with Gasteiger partial charge in [0.1, 0.15) is 5.75 Å². The van der Waals surface area contributed by atoms with Crippen LogP contribution in [0.5, 0.6) is 5.75 Å². The maximum Gasteiger partial charge on any atom is 0.125 e. The number of aliphatic hydroxyl groups excluding tert-OH is 1. The lowest BCUT2D eigenvalue weighted by Gasteiger charge is -2.21. The molecule has 0 aromatic heterocycles. The molecule has 0 spiro atoms. The van der Waals surface area contributed by atoms with Crippen molar-refractivity contribution in [2.75, 3.05) is 6.61 Å². The molecule has 2 nitrogen and oxygen atoms in total. The zero-order chi connectivity index (χ0) is 8.55. The lowest BCUT2D eigenvalue weighted by atomic mass is 10.0. The van der Waals surface area contributed by atoms with Crippen LogP contribution in [0.15, 0.2) is 22.7 Å². The number of ether oxygens (including phenoxy) is 1. The normalized spacial score (nSPS) is 21.3. The molecule has 0 saturated carbocycles. The second-order valence-corrected chi connectivity index (χ2v) is 3.75. The average molecular weight is 229 g/mol. The van der Waals surface area contributed by atoms with Gasteiger partial charge >= 0.3 is 0 Å². The quantitative estimate of drug-likeness (QED) is 0.739. The van der Waals surface area contributed by atoms with E-state index in [1.54, 1.807) is 0 Å². The molecule has 1 atom stereocenters. The van der Waals surface area contributed by atoms with Crippen LogP contribution in [0.1, 0.15) is 18.1 Å². The summed E-state index contributed by atoms with van der Waals surface area (Å²) < 4.78 is 6.35. The topological polar surface area (TPSA) is 29.5 Å². The van der Waals surface area contributed by atoms with Gasteiger partial charge in [0.25, 0.3) is 0 Å². The van der Waals surface area contributed by atoms with Crippen LogP contribution in [0.4, 0.5) is 0 Å². The fraction of sp³-hybridized carbons (Fsp3) is 0.333. The van der Waals surface area contributed by atoms with Crippen molar-refractivity contribution < 1.29 is 9.84 Å². The summed E-state index contributed by atoms with van der Waals surface area (Å²) in [5, 5.41) is 9.58. The fourth-order valence-corrected chi connectivity index (χ4v) is 1.73. The van der Waals surface area contributed by atoms with E-state index in [1.807, 2.05) is 18.2 Å². The second kappa shape index (κ2) is 3.07. The van der Waals surface area contributed by atoms with Gasteiger partial charge < -0.3 is 9.84 Å². The number of halogens is 1. The van der Waals surface area contributed by atoms with E-state index in [1.165, 1.54) is 0 Å². The molecule has 1 aliphatic heterocycles. The van der Waals surface area contributed by atoms with Crippen molar-refractivity contribution in [3.05, 3.63) is 28.2 Å². The van der Waals surface area contributed by atoms with Crippen LogP contribution in [-0.2, 0) is 0 Å². The Bertz CT molecular complexity index is 299. The van der Waals surface area contributed by atoms with E-state index in [0.717, 1.165) is 15.8 Å². The van der Waals surface area contributed by atoms with Gasteiger partial charge in [-0.15, -0.1) is 0 Å². The molecule has 0 unspecified atom stereocenters. The average Bonchev–Trinajstić information content (AvgIpc) is 2.07. The van der Waals surface area contributed by atoms with Crippen molar-refractivity contribution in [2.24, 2.45) is 0 Å². The number of fused-ring (bicyclic) bond motifs is 1. The highest BCUT2D eigenvalue weighted by Gasteiger charge is 2.18. The molecular formula is C9H9BrO2. The third-order valence-electron chi connectivity index (χ3n) is 1.98. The van der Waals surface area contributed by atoms with Crippen LogP contribution >= 0.6 is 15.9 Å². The fourth-order valence-electron chi connectivity index (χ4n) is 1.35. The Morgan fingerprint density at radius 3 is 3.17 bits per heavy atom. The van der Waals surface area contributed by atoms with Crippen LogP contribution in [-0.4, -0.2) is 11.7 Å². The van der Waals surface area contributed by atoms with Crippen LogP contribution in [0.2, 0.25) is 0 Å². The van der Waals surface area contributed by atoms with Gasteiger partial charge in [0.2, 0.25) is 0 Å². The molecule has 0 amide bonds. The van der Waals surface area contributed by atoms with Crippen molar-refractivity contribution in [3.63, 3.8) is 0 Å². The molecule has 1 heterocycles. The van der Waals surface area contributed by atoms with Gasteiger partial charge in [0.05, 0.1) is 12.7 Å². The molecule has 0 aliphatic carbocycles. The second-order valence-electron chi connectivity index (χ2n) is 2.84. The van der Waals surface area contributed by atoms with Crippen LogP contribution < -0.4 is 4.74 Å². The zero-order valence-corrected chi connectivity index (χ0v) is 8.04. The van der Waals surface area contributed by atoms with E-state index in [2.05, 4.69) is 15.9 Å². The molecule has 1 aromatic rings. The summed E-state index contributed by atoms with van der Waals surface area (Å²) in [6.07, 6.45) is 0.315. The molecule has 3 heteroatoms. The molecular weight excluding hydrogens is 220 g/mol. The number of hydrogen-bond donors (Lipinski definition) is 1. The Balaban J connectivity index is 2.47. The smallest absolute Gasteiger partial charge is 0.125 e. The molecule has 1 aliphatic rings. The first-order valence-corrected chi connectivity index (χ1v) is 4.67. The number of hydrogen-bond acceptors (Lipinski definition) is 2. The summed E-state index contributed by atoms with van der Waals surface area (Å²) in [5.74, 6) is 0.803. The van der Waals surface area contributed by atoms with E-state index in [-0.39, 0.29) is 6.10 Å². The number of aliphatic hydroxyl groups is 1. The van der Waals surface area contributed by atoms with Gasteiger partial charge in [-0.1, -0.05) is 15.9 Å². The van der Waals surface area contributed by atoms with Crippen LogP contribution in [0.25, 0.3) is 0 Å². The Morgan fingerprint density at radius 2 is 2.33 bits per heavy atom. The predicted octanol–water partition coefficient (Wildman–Crippen LogP) is 2.26. The molecule has 0 fully saturated rings. The third kappa shape index (κ3) is 1.34. The van der Waals surface area contributed by atoms with Crippen molar-refractivity contribution in [1.82, 2.24) is 0 Å². The third-order valence-corrected chi connectivity index (χ3v) is 2.47. The van der Waals surface area contributed by atoms with Gasteiger partial charge in [-0.05, 0) is 18.2 Å². The summed E-state index contributed by atoms with van der Waals surface area (Å²) >= 11 is 3.35. The van der Waals surface area contributed by atoms with E-state index in [9.17, 15) is 5.11 Å². The highest BCUT2D eigenvalue weighted by atomic mass is 79.9. The molecule has 0 saturated heterocycles. The zero-order valence-electron chi connectivity index (χ0n) is 6.46. The molecule has 1 aromatic carbocycles. The number of benzene rings is 1. The largest absolute Gasteiger partial charge is 0.493 e. The van der Waals surface area contributed by atoms with E-state index >= 15 is 0 Å². The van der Waals surface area contributed by atoms with Crippen LogP contribution in [0, 0.1) is 0 Å². The van der Waals surface area contributed by atoms with E-state index in [4.69, 9.17) is 4.74 Å². The van der Waals surface area contributed by atoms with Crippen molar-refractivity contribution in [2.45, 2.75) is 12.5 Å². The summed E-state index contributed by atoms with van der Waals surface area (Å²) in [7, 11) is 0. The predicted molar refractivity (Wildman–Crippen MR) is 49.2 cm³/mol. The lowest BCUT2D eigenvalue weighted by molar-refractivity contribution is 0.115. The standard InChI is InChI=1S/C9H9BrO2/c10-6-1-2-9-7(5-6)8(11)3-4-12-9/h1-2,5,8,11H,3-4H2/t8-/m0/s1. The van der Waals surface area contributed by atoms with Gasteiger partial charge in [-0.3, -0.25) is 0 Å². The first-order chi connectivity index (χ1) is 5.77. The Labute approximate surface area is 79.3 Å². The monoisotopic (exact) mass is 228 g/mol. The molecule has 1 N–H and O–H groups in total. The van der Waals surface area contributed by atoms with Gasteiger partial charge in [-0.2, -0.15) is 0 Å². The Morgan fingerprint density at radius 1 is 1.50 bits per heavy atom. The van der Waals surface area contributed by atoms with Crippen molar-refractivity contribution in [3.8, 4) is 5.75 Å². The minimum Gasteiger partial charge on any atom is -0.493 e. The summed E-state index contributed by atoms with van der Waals surface area (Å²) in [6.45, 7) is 0.607. The SMILES string of the molecule is O[C@H]1CCOc2ccc(Br)cc21.